The summed E-state index contributed by atoms with van der Waals surface area (Å²) in [5.74, 6) is 0.648. The summed E-state index contributed by atoms with van der Waals surface area (Å²) in [7, 11) is 0. The highest BCUT2D eigenvalue weighted by Crippen LogP contribution is 2.39. The van der Waals surface area contributed by atoms with E-state index in [4.69, 9.17) is 9.26 Å². The van der Waals surface area contributed by atoms with E-state index in [1.807, 2.05) is 58.2 Å². The molecule has 32 heavy (non-hydrogen) atoms. The van der Waals surface area contributed by atoms with Crippen LogP contribution in [0.25, 0.3) is 11.1 Å². The number of nitrogens with zero attached hydrogens (tertiary/aromatic N) is 5. The van der Waals surface area contributed by atoms with Crippen molar-refractivity contribution in [1.82, 2.24) is 14.9 Å². The van der Waals surface area contributed by atoms with Gasteiger partial charge in [-0.1, -0.05) is 11.2 Å². The molecule has 0 fully saturated rings. The molecule has 0 radical (unpaired) electrons. The molecule has 2 amide bonds. The van der Waals surface area contributed by atoms with E-state index >= 15 is 0 Å². The van der Waals surface area contributed by atoms with Gasteiger partial charge in [0.2, 0.25) is 5.91 Å². The molecule has 9 nitrogen and oxygen atoms in total. The van der Waals surface area contributed by atoms with Crippen molar-refractivity contribution in [2.75, 3.05) is 16.3 Å². The van der Waals surface area contributed by atoms with Crippen LogP contribution in [-0.2, 0) is 16.1 Å². The Bertz CT molecular complexity index is 1150. The highest BCUT2D eigenvalue weighted by molar-refractivity contribution is 6.03. The first-order chi connectivity index (χ1) is 15.2. The highest BCUT2D eigenvalue weighted by atomic mass is 16.6. The molecule has 2 aromatic heterocycles. The van der Waals surface area contributed by atoms with Crippen LogP contribution < -0.4 is 9.80 Å². The fourth-order valence-corrected chi connectivity index (χ4v) is 3.97. The second-order valence-electron chi connectivity index (χ2n) is 8.35. The van der Waals surface area contributed by atoms with Crippen molar-refractivity contribution in [2.45, 2.75) is 53.3 Å². The first-order valence-corrected chi connectivity index (χ1v) is 10.6. The number of carbonyl (C=O) groups is 2. The zero-order valence-corrected chi connectivity index (χ0v) is 18.9. The van der Waals surface area contributed by atoms with Crippen molar-refractivity contribution >= 4 is 23.4 Å². The molecule has 0 N–H and O–H groups in total. The second-order valence-corrected chi connectivity index (χ2v) is 8.35. The van der Waals surface area contributed by atoms with E-state index in [1.165, 1.54) is 6.92 Å². The Hall–Kier alpha value is -3.62. The van der Waals surface area contributed by atoms with E-state index in [0.29, 0.717) is 24.5 Å². The van der Waals surface area contributed by atoms with Crippen LogP contribution in [0.2, 0.25) is 0 Å². The summed E-state index contributed by atoms with van der Waals surface area (Å²) < 4.78 is 12.5. The molecule has 1 unspecified atom stereocenters. The van der Waals surface area contributed by atoms with Crippen LogP contribution in [0.1, 0.15) is 39.1 Å². The monoisotopic (exact) mass is 437 g/mol. The van der Waals surface area contributed by atoms with Crippen LogP contribution in [0.5, 0.6) is 0 Å². The molecule has 3 aromatic rings. The van der Waals surface area contributed by atoms with Crippen molar-refractivity contribution in [3.8, 4) is 11.1 Å². The minimum Gasteiger partial charge on any atom is -0.446 e. The molecule has 0 spiro atoms. The summed E-state index contributed by atoms with van der Waals surface area (Å²) in [6.45, 7) is 9.77. The van der Waals surface area contributed by atoms with E-state index in [9.17, 15) is 9.59 Å². The van der Waals surface area contributed by atoms with Crippen molar-refractivity contribution < 1.29 is 18.8 Å². The molecule has 0 bridgehead atoms. The zero-order chi connectivity index (χ0) is 23.0. The lowest BCUT2D eigenvalue weighted by Gasteiger charge is -2.40. The molecule has 168 valence electrons. The summed E-state index contributed by atoms with van der Waals surface area (Å²) in [5, 5.41) is 8.32. The largest absolute Gasteiger partial charge is 0.446 e. The van der Waals surface area contributed by atoms with Crippen molar-refractivity contribution in [2.24, 2.45) is 0 Å². The Morgan fingerprint density at radius 3 is 2.66 bits per heavy atom. The average molecular weight is 438 g/mol. The average Bonchev–Trinajstić information content (AvgIpc) is 3.35. The molecule has 1 aliphatic heterocycles. The molecule has 0 aliphatic carbocycles. The molecule has 1 atom stereocenters. The Morgan fingerprint density at radius 2 is 2.00 bits per heavy atom. The fraction of sp³-hybridized carbons (Fsp3) is 0.391. The number of hydrogen-bond donors (Lipinski definition) is 0. The summed E-state index contributed by atoms with van der Waals surface area (Å²) >= 11 is 0. The maximum atomic E-state index is 12.8. The third-order valence-corrected chi connectivity index (χ3v) is 5.27. The first-order valence-electron chi connectivity index (χ1n) is 10.6. The number of amides is 2. The molecule has 9 heteroatoms. The molecule has 4 rings (SSSR count). The predicted octanol–water partition coefficient (Wildman–Crippen LogP) is 4.00. The van der Waals surface area contributed by atoms with E-state index < -0.39 is 6.09 Å². The Kier molecular flexibility index (Phi) is 5.73. The minimum absolute atomic E-state index is 0.0708. The smallest absolute Gasteiger partial charge is 0.414 e. The van der Waals surface area contributed by atoms with Crippen LogP contribution in [0.3, 0.4) is 0 Å². The standard InChI is InChI=1S/C23H27N5O4/c1-14(2)31-23(30)27-11-16(4)28(17(5)29)21-7-6-18(9-22(21)27)19-10-24-26(12-19)13-20-8-15(3)25-32-20/h6-10,12,14,16H,11,13H2,1-5H3. The number of ether oxygens (including phenoxy) is 1. The van der Waals surface area contributed by atoms with Crippen LogP contribution in [0.4, 0.5) is 16.2 Å². The van der Waals surface area contributed by atoms with Crippen LogP contribution in [0.15, 0.2) is 41.2 Å². The van der Waals surface area contributed by atoms with Crippen molar-refractivity contribution in [1.29, 1.82) is 0 Å². The molecule has 0 saturated carbocycles. The lowest BCUT2D eigenvalue weighted by molar-refractivity contribution is -0.117. The van der Waals surface area contributed by atoms with Gasteiger partial charge in [0.25, 0.3) is 0 Å². The number of aryl methyl sites for hydroxylation is 1. The summed E-state index contributed by atoms with van der Waals surface area (Å²) in [6, 6.07) is 7.40. The van der Waals surface area contributed by atoms with Crippen molar-refractivity contribution in [3.05, 3.63) is 48.1 Å². The molecule has 1 aliphatic rings. The van der Waals surface area contributed by atoms with Gasteiger partial charge in [-0.25, -0.2) is 4.79 Å². The van der Waals surface area contributed by atoms with Gasteiger partial charge in [0.15, 0.2) is 5.76 Å². The van der Waals surface area contributed by atoms with Gasteiger partial charge in [-0.2, -0.15) is 5.10 Å². The molecular weight excluding hydrogens is 410 g/mol. The quantitative estimate of drug-likeness (QED) is 0.612. The topological polar surface area (TPSA) is 93.7 Å². The number of benzene rings is 1. The normalized spacial score (nSPS) is 15.8. The Labute approximate surface area is 186 Å². The maximum absolute atomic E-state index is 12.8. The number of carbonyl (C=O) groups excluding carboxylic acids is 2. The zero-order valence-electron chi connectivity index (χ0n) is 18.9. The minimum atomic E-state index is -0.426. The van der Waals surface area contributed by atoms with E-state index in [-0.39, 0.29) is 18.1 Å². The van der Waals surface area contributed by atoms with Gasteiger partial charge < -0.3 is 14.2 Å². The lowest BCUT2D eigenvalue weighted by atomic mass is 10.0. The Morgan fingerprint density at radius 1 is 1.22 bits per heavy atom. The second kappa shape index (κ2) is 8.49. The summed E-state index contributed by atoms with van der Waals surface area (Å²) in [5.41, 5.74) is 3.91. The number of fused-ring (bicyclic) bond motifs is 1. The molecular formula is C23H27N5O4. The van der Waals surface area contributed by atoms with Gasteiger partial charge in [0.05, 0.1) is 35.4 Å². The molecule has 0 saturated heterocycles. The molecule has 1 aromatic carbocycles. The number of rotatable bonds is 4. The van der Waals surface area contributed by atoms with E-state index in [0.717, 1.165) is 22.6 Å². The van der Waals surface area contributed by atoms with Gasteiger partial charge in [-0.3, -0.25) is 14.4 Å². The Balaban J connectivity index is 1.69. The number of anilines is 2. The SMILES string of the molecule is CC(=O)N1c2ccc(-c3cnn(Cc4cc(C)no4)c3)cc2N(C(=O)OC(C)C)CC1C. The van der Waals surface area contributed by atoms with Crippen LogP contribution >= 0.6 is 0 Å². The van der Waals surface area contributed by atoms with Gasteiger partial charge in [0.1, 0.15) is 6.54 Å². The first kappa shape index (κ1) is 21.6. The van der Waals surface area contributed by atoms with Crippen LogP contribution in [0, 0.1) is 6.92 Å². The van der Waals surface area contributed by atoms with E-state index in [2.05, 4.69) is 10.3 Å². The van der Waals surface area contributed by atoms with Crippen LogP contribution in [-0.4, -0.2) is 45.6 Å². The maximum Gasteiger partial charge on any atom is 0.414 e. The third-order valence-electron chi connectivity index (χ3n) is 5.27. The van der Waals surface area contributed by atoms with Gasteiger partial charge in [-0.15, -0.1) is 0 Å². The highest BCUT2D eigenvalue weighted by Gasteiger charge is 2.34. The van der Waals surface area contributed by atoms with Gasteiger partial charge in [-0.05, 0) is 45.4 Å². The van der Waals surface area contributed by atoms with Gasteiger partial charge in [0, 0.05) is 31.3 Å². The molecule has 3 heterocycles. The number of hydrogen-bond acceptors (Lipinski definition) is 6. The fourth-order valence-electron chi connectivity index (χ4n) is 3.97. The lowest BCUT2D eigenvalue weighted by Crippen LogP contribution is -2.51. The number of aromatic nitrogens is 3. The van der Waals surface area contributed by atoms with E-state index in [1.54, 1.807) is 20.7 Å². The summed E-state index contributed by atoms with van der Waals surface area (Å²) in [6.07, 6.45) is 3.00. The predicted molar refractivity (Wildman–Crippen MR) is 120 cm³/mol. The van der Waals surface area contributed by atoms with Crippen molar-refractivity contribution in [3.63, 3.8) is 0 Å². The third kappa shape index (κ3) is 4.23. The summed E-state index contributed by atoms with van der Waals surface area (Å²) in [4.78, 5) is 28.5. The van der Waals surface area contributed by atoms with Gasteiger partial charge >= 0.3 is 6.09 Å².